The zero-order valence-corrected chi connectivity index (χ0v) is 10.9. The lowest BCUT2D eigenvalue weighted by molar-refractivity contribution is 0.337. The number of hydrogen-bond donors (Lipinski definition) is 2. The SMILES string of the molecule is CCOc1ccc(B(O)O)cc1Cc1ccccc1. The molecule has 0 aliphatic carbocycles. The Labute approximate surface area is 113 Å². The molecule has 0 bridgehead atoms. The van der Waals surface area contributed by atoms with Crippen LogP contribution in [0.1, 0.15) is 18.1 Å². The van der Waals surface area contributed by atoms with Gasteiger partial charge in [-0.2, -0.15) is 0 Å². The molecule has 2 N–H and O–H groups in total. The van der Waals surface area contributed by atoms with Crippen LogP contribution < -0.4 is 10.2 Å². The monoisotopic (exact) mass is 256 g/mol. The molecule has 0 aliphatic rings. The fraction of sp³-hybridized carbons (Fsp3) is 0.200. The highest BCUT2D eigenvalue weighted by atomic mass is 16.5. The molecule has 0 fully saturated rings. The van der Waals surface area contributed by atoms with Crippen LogP contribution in [0.15, 0.2) is 48.5 Å². The van der Waals surface area contributed by atoms with Crippen LogP contribution in [0.4, 0.5) is 0 Å². The Morgan fingerprint density at radius 1 is 1.05 bits per heavy atom. The molecule has 0 saturated heterocycles. The molecule has 0 amide bonds. The molecule has 3 nitrogen and oxygen atoms in total. The van der Waals surface area contributed by atoms with Gasteiger partial charge in [-0.05, 0) is 29.6 Å². The first-order valence-electron chi connectivity index (χ1n) is 6.36. The largest absolute Gasteiger partial charge is 0.494 e. The van der Waals surface area contributed by atoms with Crippen LogP contribution in [0.2, 0.25) is 0 Å². The molecule has 0 aliphatic heterocycles. The first-order valence-corrected chi connectivity index (χ1v) is 6.36. The first-order chi connectivity index (χ1) is 9.20. The molecule has 98 valence electrons. The van der Waals surface area contributed by atoms with Gasteiger partial charge < -0.3 is 14.8 Å². The lowest BCUT2D eigenvalue weighted by Crippen LogP contribution is -2.30. The molecule has 4 heteroatoms. The van der Waals surface area contributed by atoms with E-state index in [0.29, 0.717) is 18.5 Å². The van der Waals surface area contributed by atoms with Gasteiger partial charge in [0.1, 0.15) is 5.75 Å². The molecular formula is C15H17BO3. The lowest BCUT2D eigenvalue weighted by Gasteiger charge is -2.12. The zero-order valence-electron chi connectivity index (χ0n) is 10.9. The number of rotatable bonds is 5. The fourth-order valence-corrected chi connectivity index (χ4v) is 2.01. The molecule has 2 aromatic carbocycles. The van der Waals surface area contributed by atoms with Crippen molar-refractivity contribution in [3.63, 3.8) is 0 Å². The predicted molar refractivity (Wildman–Crippen MR) is 76.7 cm³/mol. The summed E-state index contributed by atoms with van der Waals surface area (Å²) in [6.07, 6.45) is 0.705. The fourth-order valence-electron chi connectivity index (χ4n) is 2.01. The second-order valence-electron chi connectivity index (χ2n) is 4.34. The highest BCUT2D eigenvalue weighted by molar-refractivity contribution is 6.58. The van der Waals surface area contributed by atoms with Crippen molar-refractivity contribution in [1.82, 2.24) is 0 Å². The molecule has 0 radical (unpaired) electrons. The van der Waals surface area contributed by atoms with Crippen LogP contribution in [0.25, 0.3) is 0 Å². The smallest absolute Gasteiger partial charge is 0.488 e. The van der Waals surface area contributed by atoms with Crippen molar-refractivity contribution in [1.29, 1.82) is 0 Å². The molecule has 0 saturated carbocycles. The Kier molecular flexibility index (Phi) is 4.60. The average Bonchev–Trinajstić information content (AvgIpc) is 2.42. The van der Waals surface area contributed by atoms with E-state index in [1.807, 2.05) is 37.3 Å². The zero-order chi connectivity index (χ0) is 13.7. The molecule has 2 rings (SSSR count). The van der Waals surface area contributed by atoms with E-state index in [1.54, 1.807) is 18.2 Å². The Morgan fingerprint density at radius 2 is 1.79 bits per heavy atom. The summed E-state index contributed by atoms with van der Waals surface area (Å²) in [7, 11) is -1.45. The Bertz CT molecular complexity index is 526. The van der Waals surface area contributed by atoms with Gasteiger partial charge in [-0.3, -0.25) is 0 Å². The first kappa shape index (κ1) is 13.7. The number of benzene rings is 2. The maximum atomic E-state index is 9.25. The highest BCUT2D eigenvalue weighted by Gasteiger charge is 2.14. The molecule has 0 unspecified atom stereocenters. The Morgan fingerprint density at radius 3 is 2.42 bits per heavy atom. The van der Waals surface area contributed by atoms with Gasteiger partial charge in [0.25, 0.3) is 0 Å². The van der Waals surface area contributed by atoms with Crippen molar-refractivity contribution in [3.8, 4) is 5.75 Å². The highest BCUT2D eigenvalue weighted by Crippen LogP contribution is 2.20. The Hall–Kier alpha value is -1.78. The summed E-state index contributed by atoms with van der Waals surface area (Å²) in [6, 6.07) is 15.3. The van der Waals surface area contributed by atoms with Gasteiger partial charge in [0, 0.05) is 6.42 Å². The van der Waals surface area contributed by atoms with E-state index in [9.17, 15) is 10.0 Å². The van der Waals surface area contributed by atoms with Gasteiger partial charge >= 0.3 is 7.12 Å². The second-order valence-corrected chi connectivity index (χ2v) is 4.34. The van der Waals surface area contributed by atoms with Crippen LogP contribution in [-0.2, 0) is 6.42 Å². The van der Waals surface area contributed by atoms with Gasteiger partial charge in [-0.25, -0.2) is 0 Å². The minimum atomic E-state index is -1.45. The summed E-state index contributed by atoms with van der Waals surface area (Å²) in [5, 5.41) is 18.5. The van der Waals surface area contributed by atoms with E-state index in [0.717, 1.165) is 16.9 Å². The summed E-state index contributed by atoms with van der Waals surface area (Å²) in [4.78, 5) is 0. The van der Waals surface area contributed by atoms with Crippen molar-refractivity contribution >= 4 is 12.6 Å². The maximum absolute atomic E-state index is 9.25. The quantitative estimate of drug-likeness (QED) is 0.794. The van der Waals surface area contributed by atoms with E-state index < -0.39 is 7.12 Å². The van der Waals surface area contributed by atoms with Crippen molar-refractivity contribution < 1.29 is 14.8 Å². The van der Waals surface area contributed by atoms with Crippen LogP contribution in [0.3, 0.4) is 0 Å². The standard InChI is InChI=1S/C15H17BO3/c1-2-19-15-9-8-14(16(17)18)11-13(15)10-12-6-4-3-5-7-12/h3-9,11,17-18H,2,10H2,1H3. The summed E-state index contributed by atoms with van der Waals surface area (Å²) in [6.45, 7) is 2.52. The molecule has 2 aromatic rings. The lowest BCUT2D eigenvalue weighted by atomic mass is 9.79. The normalized spacial score (nSPS) is 10.3. The molecular weight excluding hydrogens is 239 g/mol. The summed E-state index contributed by atoms with van der Waals surface area (Å²) in [5.74, 6) is 0.788. The van der Waals surface area contributed by atoms with Gasteiger partial charge in [-0.15, -0.1) is 0 Å². The Balaban J connectivity index is 2.32. The summed E-state index contributed by atoms with van der Waals surface area (Å²) in [5.41, 5.74) is 2.60. The molecule has 19 heavy (non-hydrogen) atoms. The van der Waals surface area contributed by atoms with Crippen molar-refractivity contribution in [2.75, 3.05) is 6.61 Å². The van der Waals surface area contributed by atoms with E-state index in [-0.39, 0.29) is 0 Å². The number of hydrogen-bond acceptors (Lipinski definition) is 3. The topological polar surface area (TPSA) is 49.7 Å². The van der Waals surface area contributed by atoms with Crippen molar-refractivity contribution in [2.24, 2.45) is 0 Å². The van der Waals surface area contributed by atoms with Gasteiger partial charge in [0.15, 0.2) is 0 Å². The van der Waals surface area contributed by atoms with Crippen molar-refractivity contribution in [2.45, 2.75) is 13.3 Å². The second kappa shape index (κ2) is 6.41. The van der Waals surface area contributed by atoms with Crippen LogP contribution in [0, 0.1) is 0 Å². The minimum absolute atomic E-state index is 0.481. The van der Waals surface area contributed by atoms with Crippen LogP contribution in [-0.4, -0.2) is 23.8 Å². The third-order valence-electron chi connectivity index (χ3n) is 2.92. The van der Waals surface area contributed by atoms with E-state index in [4.69, 9.17) is 4.74 Å². The molecule has 0 atom stereocenters. The van der Waals surface area contributed by atoms with Crippen LogP contribution in [0.5, 0.6) is 5.75 Å². The van der Waals surface area contributed by atoms with E-state index in [1.165, 1.54) is 0 Å². The number of ether oxygens (including phenoxy) is 1. The average molecular weight is 256 g/mol. The molecule has 0 heterocycles. The van der Waals surface area contributed by atoms with Crippen molar-refractivity contribution in [3.05, 3.63) is 59.7 Å². The molecule has 0 spiro atoms. The third kappa shape index (κ3) is 3.59. The van der Waals surface area contributed by atoms with E-state index >= 15 is 0 Å². The minimum Gasteiger partial charge on any atom is -0.494 e. The third-order valence-corrected chi connectivity index (χ3v) is 2.92. The maximum Gasteiger partial charge on any atom is 0.488 e. The van der Waals surface area contributed by atoms with Gasteiger partial charge in [0.2, 0.25) is 0 Å². The summed E-state index contributed by atoms with van der Waals surface area (Å²) >= 11 is 0. The predicted octanol–water partition coefficient (Wildman–Crippen LogP) is 1.36. The molecule has 0 aromatic heterocycles. The van der Waals surface area contributed by atoms with Gasteiger partial charge in [0.05, 0.1) is 6.61 Å². The van der Waals surface area contributed by atoms with Crippen LogP contribution >= 0.6 is 0 Å². The van der Waals surface area contributed by atoms with E-state index in [2.05, 4.69) is 0 Å². The summed E-state index contributed by atoms with van der Waals surface area (Å²) < 4.78 is 5.58. The van der Waals surface area contributed by atoms with Gasteiger partial charge in [-0.1, -0.05) is 42.5 Å².